The molecule has 3 atom stereocenters. The Hall–Kier alpha value is -0.740. The molecule has 0 spiro atoms. The van der Waals surface area contributed by atoms with Gasteiger partial charge in [0.2, 0.25) is 0 Å². The van der Waals surface area contributed by atoms with Gasteiger partial charge in [-0.2, -0.15) is 0 Å². The molecule has 0 amide bonds. The zero-order chi connectivity index (χ0) is 13.5. The van der Waals surface area contributed by atoms with E-state index in [9.17, 15) is 8.60 Å². The molecule has 1 aromatic rings. The molecule has 0 saturated heterocycles. The van der Waals surface area contributed by atoms with Crippen molar-refractivity contribution >= 4 is 10.8 Å². The molecule has 0 heterocycles. The van der Waals surface area contributed by atoms with Crippen molar-refractivity contribution in [2.75, 3.05) is 12.8 Å². The summed E-state index contributed by atoms with van der Waals surface area (Å²) in [4.78, 5) is 0. The van der Waals surface area contributed by atoms with Crippen LogP contribution in [0.3, 0.4) is 0 Å². The van der Waals surface area contributed by atoms with Gasteiger partial charge in [0.25, 0.3) is 0 Å². The van der Waals surface area contributed by atoms with Crippen molar-refractivity contribution in [3.8, 4) is 0 Å². The molecule has 3 unspecified atom stereocenters. The molecule has 0 radical (unpaired) electrons. The Bertz CT molecular complexity index is 397. The number of rotatable bonds is 7. The molecular weight excluding hydrogens is 249 g/mol. The third-order valence-corrected chi connectivity index (χ3v) is 4.57. The van der Waals surface area contributed by atoms with Gasteiger partial charge in [-0.15, -0.1) is 0 Å². The summed E-state index contributed by atoms with van der Waals surface area (Å²) in [6.45, 7) is 4.76. The van der Waals surface area contributed by atoms with E-state index in [2.05, 4.69) is 5.32 Å². The summed E-state index contributed by atoms with van der Waals surface area (Å²) in [7, 11) is -0.790. The highest BCUT2D eigenvalue weighted by molar-refractivity contribution is 7.84. The van der Waals surface area contributed by atoms with Gasteiger partial charge in [0.05, 0.1) is 0 Å². The molecule has 0 aromatic heterocycles. The highest BCUT2D eigenvalue weighted by atomic mass is 32.2. The predicted octanol–water partition coefficient (Wildman–Crippen LogP) is 3.02. The third kappa shape index (κ3) is 4.50. The maximum absolute atomic E-state index is 13.7. The van der Waals surface area contributed by atoms with Crippen LogP contribution in [0.25, 0.3) is 0 Å². The standard InChI is InChI=1S/C14H22FNOS/c1-4-14(12-7-5-6-8-13(12)15)16-10-9-11(2)18(3)17/h5-8,11,14,16H,4,9-10H2,1-3H3. The maximum Gasteiger partial charge on any atom is 0.127 e. The van der Waals surface area contributed by atoms with Crippen molar-refractivity contribution < 1.29 is 8.60 Å². The van der Waals surface area contributed by atoms with Crippen LogP contribution in [-0.4, -0.2) is 22.3 Å². The topological polar surface area (TPSA) is 29.1 Å². The first-order chi connectivity index (χ1) is 8.56. The van der Waals surface area contributed by atoms with E-state index in [1.54, 1.807) is 12.3 Å². The Morgan fingerprint density at radius 2 is 2.06 bits per heavy atom. The second-order valence-corrected chi connectivity index (χ2v) is 6.34. The average molecular weight is 271 g/mol. The van der Waals surface area contributed by atoms with E-state index >= 15 is 0 Å². The Labute approximate surface area is 111 Å². The van der Waals surface area contributed by atoms with E-state index in [-0.39, 0.29) is 17.1 Å². The largest absolute Gasteiger partial charge is 0.310 e. The van der Waals surface area contributed by atoms with Crippen LogP contribution in [0.4, 0.5) is 4.39 Å². The van der Waals surface area contributed by atoms with Gasteiger partial charge in [0.1, 0.15) is 5.82 Å². The molecule has 0 aliphatic carbocycles. The number of hydrogen-bond acceptors (Lipinski definition) is 2. The van der Waals surface area contributed by atoms with Gasteiger partial charge >= 0.3 is 0 Å². The average Bonchev–Trinajstić information content (AvgIpc) is 2.35. The molecule has 1 aromatic carbocycles. The molecule has 0 bridgehead atoms. The predicted molar refractivity (Wildman–Crippen MR) is 75.6 cm³/mol. The molecule has 0 aliphatic rings. The maximum atomic E-state index is 13.7. The van der Waals surface area contributed by atoms with Crippen LogP contribution in [-0.2, 0) is 10.8 Å². The van der Waals surface area contributed by atoms with Gasteiger partial charge < -0.3 is 5.32 Å². The highest BCUT2D eigenvalue weighted by Gasteiger charge is 2.13. The normalized spacial score (nSPS) is 16.2. The number of benzene rings is 1. The van der Waals surface area contributed by atoms with Crippen molar-refractivity contribution in [2.45, 2.75) is 38.0 Å². The van der Waals surface area contributed by atoms with E-state index in [1.807, 2.05) is 26.0 Å². The van der Waals surface area contributed by atoms with Crippen molar-refractivity contribution in [3.63, 3.8) is 0 Å². The van der Waals surface area contributed by atoms with Gasteiger partial charge in [0, 0.05) is 33.9 Å². The summed E-state index contributed by atoms with van der Waals surface area (Å²) in [5, 5.41) is 3.51. The lowest BCUT2D eigenvalue weighted by Gasteiger charge is -2.19. The molecule has 2 nitrogen and oxygen atoms in total. The lowest BCUT2D eigenvalue weighted by atomic mass is 10.0. The fourth-order valence-corrected chi connectivity index (χ4v) is 2.31. The first-order valence-corrected chi connectivity index (χ1v) is 7.98. The molecule has 0 fully saturated rings. The molecular formula is C14H22FNOS. The van der Waals surface area contributed by atoms with Crippen molar-refractivity contribution in [1.82, 2.24) is 5.32 Å². The fourth-order valence-electron chi connectivity index (χ4n) is 1.86. The molecule has 102 valence electrons. The summed E-state index contributed by atoms with van der Waals surface area (Å²) in [5.74, 6) is -0.163. The number of hydrogen-bond donors (Lipinski definition) is 1. The minimum Gasteiger partial charge on any atom is -0.310 e. The summed E-state index contributed by atoms with van der Waals surface area (Å²) in [6, 6.07) is 6.89. The summed E-state index contributed by atoms with van der Waals surface area (Å²) >= 11 is 0. The molecule has 4 heteroatoms. The van der Waals surface area contributed by atoms with Crippen LogP contribution in [0.2, 0.25) is 0 Å². The van der Waals surface area contributed by atoms with E-state index < -0.39 is 10.8 Å². The zero-order valence-corrected chi connectivity index (χ0v) is 12.1. The zero-order valence-electron chi connectivity index (χ0n) is 11.3. The lowest BCUT2D eigenvalue weighted by Crippen LogP contribution is -2.26. The van der Waals surface area contributed by atoms with Crippen LogP contribution in [0.5, 0.6) is 0 Å². The molecule has 18 heavy (non-hydrogen) atoms. The van der Waals surface area contributed by atoms with Gasteiger partial charge in [0.15, 0.2) is 0 Å². The van der Waals surface area contributed by atoms with Crippen LogP contribution in [0.1, 0.15) is 38.3 Å². The summed E-state index contributed by atoms with van der Waals surface area (Å²) in [6.07, 6.45) is 3.40. The molecule has 1 rings (SSSR count). The third-order valence-electron chi connectivity index (χ3n) is 3.20. The molecule has 0 aliphatic heterocycles. The second kappa shape index (κ2) is 7.64. The van der Waals surface area contributed by atoms with E-state index in [0.717, 1.165) is 19.4 Å². The van der Waals surface area contributed by atoms with Crippen molar-refractivity contribution in [3.05, 3.63) is 35.6 Å². The van der Waals surface area contributed by atoms with E-state index in [1.165, 1.54) is 6.07 Å². The Morgan fingerprint density at radius 3 is 2.61 bits per heavy atom. The molecule has 1 N–H and O–H groups in total. The monoisotopic (exact) mass is 271 g/mol. The van der Waals surface area contributed by atoms with Gasteiger partial charge in [-0.1, -0.05) is 32.0 Å². The summed E-state index contributed by atoms with van der Waals surface area (Å²) < 4.78 is 24.9. The van der Waals surface area contributed by atoms with Crippen LogP contribution >= 0.6 is 0 Å². The van der Waals surface area contributed by atoms with Crippen molar-refractivity contribution in [1.29, 1.82) is 0 Å². The smallest absolute Gasteiger partial charge is 0.127 e. The van der Waals surface area contributed by atoms with E-state index in [4.69, 9.17) is 0 Å². The van der Waals surface area contributed by atoms with Crippen LogP contribution in [0.15, 0.2) is 24.3 Å². The van der Waals surface area contributed by atoms with Gasteiger partial charge in [-0.05, 0) is 25.5 Å². The summed E-state index contributed by atoms with van der Waals surface area (Å²) in [5.41, 5.74) is 0.713. The number of halogens is 1. The Morgan fingerprint density at radius 1 is 1.39 bits per heavy atom. The van der Waals surface area contributed by atoms with Gasteiger partial charge in [-0.25, -0.2) is 4.39 Å². The fraction of sp³-hybridized carbons (Fsp3) is 0.571. The minimum absolute atomic E-state index is 0.0312. The minimum atomic E-state index is -0.790. The lowest BCUT2D eigenvalue weighted by molar-refractivity contribution is 0.482. The first kappa shape index (κ1) is 15.3. The second-order valence-electron chi connectivity index (χ2n) is 4.53. The Kier molecular flexibility index (Phi) is 6.50. The SMILES string of the molecule is CCC(NCCC(C)S(C)=O)c1ccccc1F. The quantitative estimate of drug-likeness (QED) is 0.826. The molecule has 0 saturated carbocycles. The number of nitrogens with one attached hydrogen (secondary N) is 1. The van der Waals surface area contributed by atoms with Crippen LogP contribution in [0, 0.1) is 5.82 Å². The van der Waals surface area contributed by atoms with Gasteiger partial charge in [-0.3, -0.25) is 4.21 Å². The van der Waals surface area contributed by atoms with E-state index in [0.29, 0.717) is 5.56 Å². The highest BCUT2D eigenvalue weighted by Crippen LogP contribution is 2.19. The Balaban J connectivity index is 2.53. The van der Waals surface area contributed by atoms with Crippen LogP contribution < -0.4 is 5.32 Å². The van der Waals surface area contributed by atoms with Crippen molar-refractivity contribution in [2.24, 2.45) is 0 Å². The first-order valence-electron chi connectivity index (χ1n) is 6.36.